The number of urea groups is 1. The van der Waals surface area contributed by atoms with Gasteiger partial charge in [-0.2, -0.15) is 13.2 Å². The molecule has 10 heteroatoms. The minimum Gasteiger partial charge on any atom is -0.363 e. The number of carbonyl (C=O) groups excluding carboxylic acids is 2. The lowest BCUT2D eigenvalue weighted by Gasteiger charge is -2.45. The molecule has 2 aromatic carbocycles. The maximum Gasteiger partial charge on any atom is 0.437 e. The molecule has 3 N–H and O–H groups in total. The molecule has 28 heavy (non-hydrogen) atoms. The average Bonchev–Trinajstić information content (AvgIpc) is 2.63. The van der Waals surface area contributed by atoms with Crippen LogP contribution in [0.25, 0.3) is 0 Å². The second-order valence-corrected chi connectivity index (χ2v) is 7.04. The van der Waals surface area contributed by atoms with E-state index in [-0.39, 0.29) is 21.2 Å². The smallest absolute Gasteiger partial charge is 0.363 e. The van der Waals surface area contributed by atoms with E-state index in [1.54, 1.807) is 6.07 Å². The first-order chi connectivity index (χ1) is 13.0. The van der Waals surface area contributed by atoms with Crippen LogP contribution in [0.3, 0.4) is 0 Å². The molecule has 148 valence electrons. The van der Waals surface area contributed by atoms with Crippen LogP contribution < -0.4 is 10.6 Å². The predicted molar refractivity (Wildman–Crippen MR) is 96.1 cm³/mol. The van der Waals surface area contributed by atoms with Crippen LogP contribution in [0, 0.1) is 5.92 Å². The van der Waals surface area contributed by atoms with Crippen molar-refractivity contribution in [2.24, 2.45) is 5.92 Å². The first-order valence-electron chi connectivity index (χ1n) is 7.96. The number of hydrogen-bond donors (Lipinski definition) is 3. The molecule has 0 spiro atoms. The van der Waals surface area contributed by atoms with E-state index in [1.165, 1.54) is 47.8 Å². The molecular formula is C18H13Cl2F3N2O3. The topological polar surface area (TPSA) is 78.4 Å². The molecule has 0 unspecified atom stereocenters. The van der Waals surface area contributed by atoms with Crippen molar-refractivity contribution in [2.75, 3.05) is 0 Å². The second-order valence-electron chi connectivity index (χ2n) is 6.22. The van der Waals surface area contributed by atoms with Crippen LogP contribution in [-0.4, -0.2) is 28.8 Å². The van der Waals surface area contributed by atoms with E-state index >= 15 is 0 Å². The van der Waals surface area contributed by atoms with Crippen LogP contribution in [0.2, 0.25) is 10.0 Å². The van der Waals surface area contributed by atoms with Crippen molar-refractivity contribution in [3.05, 3.63) is 69.7 Å². The number of aliphatic hydroxyl groups is 1. The number of nitrogens with one attached hydrogen (secondary N) is 2. The van der Waals surface area contributed by atoms with Gasteiger partial charge in [0.05, 0.1) is 16.1 Å². The van der Waals surface area contributed by atoms with Crippen LogP contribution in [0.4, 0.5) is 18.0 Å². The first-order valence-corrected chi connectivity index (χ1v) is 8.72. The summed E-state index contributed by atoms with van der Waals surface area (Å²) in [6, 6.07) is 8.27. The van der Waals surface area contributed by atoms with Crippen molar-refractivity contribution in [1.82, 2.24) is 10.6 Å². The number of Topliss-reactive ketones (excluding diaryl/α,β-unsaturated/α-hetero) is 1. The van der Waals surface area contributed by atoms with Gasteiger partial charge in [-0.05, 0) is 17.7 Å². The number of hydrogen-bond acceptors (Lipinski definition) is 3. The lowest BCUT2D eigenvalue weighted by atomic mass is 9.77. The molecule has 2 amide bonds. The zero-order chi connectivity index (χ0) is 20.7. The van der Waals surface area contributed by atoms with E-state index in [9.17, 15) is 27.9 Å². The Labute approximate surface area is 167 Å². The second kappa shape index (κ2) is 7.27. The summed E-state index contributed by atoms with van der Waals surface area (Å²) in [6.45, 7) is 0. The van der Waals surface area contributed by atoms with Gasteiger partial charge in [-0.3, -0.25) is 4.79 Å². The van der Waals surface area contributed by atoms with Gasteiger partial charge in [-0.1, -0.05) is 59.6 Å². The Morgan fingerprint density at radius 3 is 2.29 bits per heavy atom. The molecule has 1 saturated heterocycles. The van der Waals surface area contributed by atoms with Gasteiger partial charge < -0.3 is 15.7 Å². The number of alkyl halides is 3. The molecule has 0 radical (unpaired) electrons. The summed E-state index contributed by atoms with van der Waals surface area (Å²) in [7, 11) is 0. The fraction of sp³-hybridized carbons (Fsp3) is 0.222. The molecule has 2 aromatic rings. The third kappa shape index (κ3) is 3.55. The van der Waals surface area contributed by atoms with E-state index in [1.807, 2.05) is 0 Å². The number of benzene rings is 2. The molecule has 0 aliphatic carbocycles. The number of ketones is 1. The van der Waals surface area contributed by atoms with Gasteiger partial charge in [-0.25, -0.2) is 4.79 Å². The summed E-state index contributed by atoms with van der Waals surface area (Å²) >= 11 is 11.8. The summed E-state index contributed by atoms with van der Waals surface area (Å²) in [5.74, 6) is -3.13. The Morgan fingerprint density at radius 1 is 1.07 bits per heavy atom. The highest BCUT2D eigenvalue weighted by atomic mass is 35.5. The third-order valence-electron chi connectivity index (χ3n) is 4.45. The van der Waals surface area contributed by atoms with Crippen LogP contribution in [-0.2, 0) is 0 Å². The molecule has 3 atom stereocenters. The van der Waals surface area contributed by atoms with Gasteiger partial charge in [0.1, 0.15) is 5.92 Å². The third-order valence-corrected chi connectivity index (χ3v) is 5.19. The van der Waals surface area contributed by atoms with E-state index in [0.29, 0.717) is 0 Å². The maximum atomic E-state index is 13.8. The van der Waals surface area contributed by atoms with Crippen LogP contribution in [0.1, 0.15) is 22.0 Å². The quantitative estimate of drug-likeness (QED) is 0.638. The molecule has 1 aliphatic rings. The summed E-state index contributed by atoms with van der Waals surface area (Å²) in [5.41, 5.74) is -3.77. The van der Waals surface area contributed by atoms with Gasteiger partial charge in [0.2, 0.25) is 5.72 Å². The lowest BCUT2D eigenvalue weighted by Crippen LogP contribution is -2.72. The maximum absolute atomic E-state index is 13.8. The minimum absolute atomic E-state index is 0.0217. The van der Waals surface area contributed by atoms with E-state index in [0.717, 1.165) is 0 Å². The molecule has 1 heterocycles. The van der Waals surface area contributed by atoms with E-state index in [2.05, 4.69) is 5.32 Å². The zero-order valence-electron chi connectivity index (χ0n) is 13.9. The average molecular weight is 433 g/mol. The van der Waals surface area contributed by atoms with Gasteiger partial charge in [0, 0.05) is 5.56 Å². The fourth-order valence-electron chi connectivity index (χ4n) is 3.10. The number of halogens is 5. The van der Waals surface area contributed by atoms with Gasteiger partial charge >= 0.3 is 12.2 Å². The van der Waals surface area contributed by atoms with Crippen molar-refractivity contribution < 1.29 is 27.9 Å². The van der Waals surface area contributed by atoms with E-state index in [4.69, 9.17) is 23.2 Å². The molecule has 1 aliphatic heterocycles. The number of rotatable bonds is 3. The van der Waals surface area contributed by atoms with Crippen LogP contribution >= 0.6 is 23.2 Å². The monoisotopic (exact) mass is 432 g/mol. The Morgan fingerprint density at radius 2 is 1.71 bits per heavy atom. The molecule has 0 aromatic heterocycles. The predicted octanol–water partition coefficient (Wildman–Crippen LogP) is 4.10. The van der Waals surface area contributed by atoms with Gasteiger partial charge in [0.15, 0.2) is 5.78 Å². The first kappa shape index (κ1) is 20.4. The molecule has 0 bridgehead atoms. The Bertz CT molecular complexity index is 924. The highest BCUT2D eigenvalue weighted by molar-refractivity contribution is 6.42. The number of amides is 2. The lowest BCUT2D eigenvalue weighted by molar-refractivity contribution is -0.287. The van der Waals surface area contributed by atoms with Crippen LogP contribution in [0.5, 0.6) is 0 Å². The van der Waals surface area contributed by atoms with Gasteiger partial charge in [0.25, 0.3) is 0 Å². The Balaban J connectivity index is 2.18. The Kier molecular flexibility index (Phi) is 5.31. The van der Waals surface area contributed by atoms with Crippen molar-refractivity contribution >= 4 is 35.0 Å². The zero-order valence-corrected chi connectivity index (χ0v) is 15.4. The molecule has 3 rings (SSSR count). The molecular weight excluding hydrogens is 420 g/mol. The van der Waals surface area contributed by atoms with Gasteiger partial charge in [-0.15, -0.1) is 0 Å². The molecule has 1 fully saturated rings. The SMILES string of the molecule is O=C1N[C@H](c2ccc(Cl)c(Cl)c2)[C@H](C(=O)c2ccccc2)[C@@](O)(C(F)(F)F)N1. The van der Waals surface area contributed by atoms with E-state index < -0.39 is 35.7 Å². The standard InChI is InChI=1S/C18H13Cl2F3N2O3/c19-11-7-6-10(8-12(11)20)14-13(15(26)9-4-2-1-3-5-9)17(28,18(21,22)23)25-16(27)24-14/h1-8,13-14,28H,(H2,24,25,27)/t13-,14-,17-/m1/s1. The van der Waals surface area contributed by atoms with Crippen molar-refractivity contribution in [3.63, 3.8) is 0 Å². The fourth-order valence-corrected chi connectivity index (χ4v) is 3.41. The number of carbonyl (C=O) groups is 2. The highest BCUT2D eigenvalue weighted by Gasteiger charge is 2.66. The molecule has 0 saturated carbocycles. The molecule has 5 nitrogen and oxygen atoms in total. The van der Waals surface area contributed by atoms with Crippen LogP contribution in [0.15, 0.2) is 48.5 Å². The van der Waals surface area contributed by atoms with Crippen molar-refractivity contribution in [2.45, 2.75) is 17.9 Å². The minimum atomic E-state index is -5.33. The summed E-state index contributed by atoms with van der Waals surface area (Å²) in [6.07, 6.45) is -5.33. The summed E-state index contributed by atoms with van der Waals surface area (Å²) in [4.78, 5) is 24.9. The highest BCUT2D eigenvalue weighted by Crippen LogP contribution is 2.44. The Hall–Kier alpha value is -2.29. The normalized spacial score (nSPS) is 25.0. The van der Waals surface area contributed by atoms with Crippen molar-refractivity contribution in [1.29, 1.82) is 0 Å². The summed E-state index contributed by atoms with van der Waals surface area (Å²) < 4.78 is 41.3. The largest absolute Gasteiger partial charge is 0.437 e. The van der Waals surface area contributed by atoms with Crippen molar-refractivity contribution in [3.8, 4) is 0 Å². The summed E-state index contributed by atoms with van der Waals surface area (Å²) in [5, 5.41) is 14.3.